The molecule has 20 heavy (non-hydrogen) atoms. The van der Waals surface area contributed by atoms with Crippen LogP contribution in [0.1, 0.15) is 5.56 Å². The minimum atomic E-state index is -0.238. The molecule has 1 amide bonds. The van der Waals surface area contributed by atoms with Crippen molar-refractivity contribution >= 4 is 46.0 Å². The summed E-state index contributed by atoms with van der Waals surface area (Å²) in [5, 5.41) is 2.99. The number of hydrogen-bond donors (Lipinski definition) is 1. The van der Waals surface area contributed by atoms with Crippen LogP contribution < -0.4 is 5.32 Å². The molecule has 7 heteroatoms. The zero-order valence-electron chi connectivity index (χ0n) is 11.5. The average molecular weight is 386 g/mol. The maximum absolute atomic E-state index is 13.6. The largest absolute Gasteiger partial charge is 0.344 e. The van der Waals surface area contributed by atoms with E-state index >= 15 is 0 Å². The first-order chi connectivity index (χ1) is 9.04. The van der Waals surface area contributed by atoms with Crippen molar-refractivity contribution in [3.63, 3.8) is 0 Å². The molecule has 1 aromatic rings. The zero-order chi connectivity index (χ0) is 14.3. The van der Waals surface area contributed by atoms with Crippen LogP contribution in [0.15, 0.2) is 22.7 Å². The summed E-state index contributed by atoms with van der Waals surface area (Å²) < 4.78 is 14.3. The molecule has 1 aromatic carbocycles. The van der Waals surface area contributed by atoms with E-state index in [0.717, 1.165) is 11.0 Å². The summed E-state index contributed by atoms with van der Waals surface area (Å²) in [6.07, 6.45) is 0. The molecule has 3 nitrogen and oxygen atoms in total. The molecule has 114 valence electrons. The van der Waals surface area contributed by atoms with Gasteiger partial charge in [-0.1, -0.05) is 22.0 Å². The van der Waals surface area contributed by atoms with Crippen LogP contribution >= 0.6 is 40.1 Å². The van der Waals surface area contributed by atoms with Gasteiger partial charge in [0.25, 0.3) is 0 Å². The lowest BCUT2D eigenvalue weighted by molar-refractivity contribution is -0.127. The molecule has 0 unspecified atom stereocenters. The SMILES string of the molecule is CNCCN(C)C(=O)CSCc1ccc(Br)cc1F.Cl. The van der Waals surface area contributed by atoms with Gasteiger partial charge in [0.1, 0.15) is 5.82 Å². The van der Waals surface area contributed by atoms with Crippen molar-refractivity contribution < 1.29 is 9.18 Å². The molecular formula is C13H19BrClFN2OS. The number of carbonyl (C=O) groups is 1. The predicted octanol–water partition coefficient (Wildman–Crippen LogP) is 2.92. The van der Waals surface area contributed by atoms with E-state index in [2.05, 4.69) is 21.2 Å². The van der Waals surface area contributed by atoms with Crippen molar-refractivity contribution in [2.75, 3.05) is 32.9 Å². The highest BCUT2D eigenvalue weighted by Crippen LogP contribution is 2.19. The molecule has 0 bridgehead atoms. The van der Waals surface area contributed by atoms with E-state index < -0.39 is 0 Å². The van der Waals surface area contributed by atoms with Crippen molar-refractivity contribution in [3.05, 3.63) is 34.1 Å². The van der Waals surface area contributed by atoms with Gasteiger partial charge in [-0.25, -0.2) is 4.39 Å². The van der Waals surface area contributed by atoms with E-state index in [0.29, 0.717) is 23.6 Å². The minimum Gasteiger partial charge on any atom is -0.344 e. The van der Waals surface area contributed by atoms with Crippen LogP contribution in [0.2, 0.25) is 0 Å². The van der Waals surface area contributed by atoms with Crippen molar-refractivity contribution in [2.24, 2.45) is 0 Å². The Balaban J connectivity index is 0.00000361. The summed E-state index contributed by atoms with van der Waals surface area (Å²) in [5.41, 5.74) is 0.624. The van der Waals surface area contributed by atoms with E-state index in [1.165, 1.54) is 17.8 Å². The molecule has 0 aliphatic heterocycles. The van der Waals surface area contributed by atoms with Gasteiger partial charge in [-0.05, 0) is 24.7 Å². The molecule has 0 aliphatic rings. The van der Waals surface area contributed by atoms with Gasteiger partial charge < -0.3 is 10.2 Å². The first kappa shape index (κ1) is 19.7. The van der Waals surface area contributed by atoms with Gasteiger partial charge in [0.15, 0.2) is 0 Å². The molecule has 1 N–H and O–H groups in total. The van der Waals surface area contributed by atoms with E-state index in [4.69, 9.17) is 0 Å². The fourth-order valence-corrected chi connectivity index (χ4v) is 2.69. The molecule has 0 saturated heterocycles. The van der Waals surface area contributed by atoms with Gasteiger partial charge in [0.2, 0.25) is 5.91 Å². The highest BCUT2D eigenvalue weighted by atomic mass is 79.9. The van der Waals surface area contributed by atoms with Crippen molar-refractivity contribution in [3.8, 4) is 0 Å². The Morgan fingerprint density at radius 3 is 2.80 bits per heavy atom. The van der Waals surface area contributed by atoms with Crippen LogP contribution in [0.3, 0.4) is 0 Å². The van der Waals surface area contributed by atoms with E-state index in [1.54, 1.807) is 24.1 Å². The average Bonchev–Trinajstić information content (AvgIpc) is 2.38. The Bertz CT molecular complexity index is 437. The lowest BCUT2D eigenvalue weighted by Gasteiger charge is -2.16. The Morgan fingerprint density at radius 1 is 1.50 bits per heavy atom. The summed E-state index contributed by atoms with van der Waals surface area (Å²) >= 11 is 4.65. The number of benzene rings is 1. The molecule has 0 radical (unpaired) electrons. The molecule has 0 atom stereocenters. The standard InChI is InChI=1S/C13H18BrFN2OS.ClH/c1-16-5-6-17(2)13(18)9-19-8-10-3-4-11(14)7-12(10)15;/h3-4,7,16H,5-6,8-9H2,1-2H3;1H. The maximum Gasteiger partial charge on any atom is 0.232 e. The van der Waals surface area contributed by atoms with E-state index in [9.17, 15) is 9.18 Å². The smallest absolute Gasteiger partial charge is 0.232 e. The van der Waals surface area contributed by atoms with Crippen LogP contribution in [0.25, 0.3) is 0 Å². The summed E-state index contributed by atoms with van der Waals surface area (Å²) in [6, 6.07) is 4.98. The monoisotopic (exact) mass is 384 g/mol. The number of amides is 1. The molecule has 0 saturated carbocycles. The van der Waals surface area contributed by atoms with Crippen LogP contribution in [0.5, 0.6) is 0 Å². The number of nitrogens with zero attached hydrogens (tertiary/aromatic N) is 1. The molecular weight excluding hydrogens is 367 g/mol. The predicted molar refractivity (Wildman–Crippen MR) is 89.1 cm³/mol. The Morgan fingerprint density at radius 2 is 2.20 bits per heavy atom. The summed E-state index contributed by atoms with van der Waals surface area (Å²) in [6.45, 7) is 1.46. The third kappa shape index (κ3) is 6.92. The fourth-order valence-electron chi connectivity index (χ4n) is 1.40. The van der Waals surface area contributed by atoms with Gasteiger partial charge in [0.05, 0.1) is 5.75 Å². The first-order valence-corrected chi connectivity index (χ1v) is 7.89. The molecule has 0 aromatic heterocycles. The lowest BCUT2D eigenvalue weighted by Crippen LogP contribution is -2.33. The number of rotatable bonds is 7. The van der Waals surface area contributed by atoms with Crippen LogP contribution in [-0.4, -0.2) is 43.7 Å². The Hall–Kier alpha value is -0.300. The molecule has 1 rings (SSSR count). The van der Waals surface area contributed by atoms with Crippen LogP contribution in [0.4, 0.5) is 4.39 Å². The van der Waals surface area contributed by atoms with Gasteiger partial charge >= 0.3 is 0 Å². The van der Waals surface area contributed by atoms with Crippen molar-refractivity contribution in [2.45, 2.75) is 5.75 Å². The van der Waals surface area contributed by atoms with Gasteiger partial charge in [0, 0.05) is 30.4 Å². The Labute approximate surface area is 138 Å². The molecule has 0 aliphatic carbocycles. The maximum atomic E-state index is 13.6. The summed E-state index contributed by atoms with van der Waals surface area (Å²) in [5.74, 6) is 0.705. The van der Waals surface area contributed by atoms with Gasteiger partial charge in [-0.15, -0.1) is 24.2 Å². The number of likely N-dealkylation sites (N-methyl/N-ethyl adjacent to an activating group) is 2. The van der Waals surface area contributed by atoms with Crippen LogP contribution in [0, 0.1) is 5.82 Å². The van der Waals surface area contributed by atoms with Gasteiger partial charge in [-0.2, -0.15) is 0 Å². The third-order valence-corrected chi connectivity index (χ3v) is 4.08. The summed E-state index contributed by atoms with van der Waals surface area (Å²) in [4.78, 5) is 13.4. The second kappa shape index (κ2) is 10.4. The lowest BCUT2D eigenvalue weighted by atomic mass is 10.2. The third-order valence-electron chi connectivity index (χ3n) is 2.62. The van der Waals surface area contributed by atoms with E-state index in [1.807, 2.05) is 7.05 Å². The number of thioether (sulfide) groups is 1. The number of halogens is 3. The normalized spacial score (nSPS) is 10.0. The second-order valence-corrected chi connectivity index (χ2v) is 6.05. The fraction of sp³-hybridized carbons (Fsp3) is 0.462. The topological polar surface area (TPSA) is 32.3 Å². The van der Waals surface area contributed by atoms with Crippen molar-refractivity contribution in [1.29, 1.82) is 0 Å². The number of hydrogen-bond acceptors (Lipinski definition) is 3. The minimum absolute atomic E-state index is 0. The van der Waals surface area contributed by atoms with Crippen LogP contribution in [-0.2, 0) is 10.5 Å². The highest BCUT2D eigenvalue weighted by Gasteiger charge is 2.09. The Kier molecular flexibility index (Phi) is 10.3. The van der Waals surface area contributed by atoms with Crippen molar-refractivity contribution in [1.82, 2.24) is 10.2 Å². The van der Waals surface area contributed by atoms with E-state index in [-0.39, 0.29) is 24.1 Å². The molecule has 0 heterocycles. The highest BCUT2D eigenvalue weighted by molar-refractivity contribution is 9.10. The quantitative estimate of drug-likeness (QED) is 0.783. The zero-order valence-corrected chi connectivity index (χ0v) is 14.7. The number of nitrogens with one attached hydrogen (secondary N) is 1. The first-order valence-electron chi connectivity index (χ1n) is 5.95. The molecule has 0 fully saturated rings. The number of carbonyl (C=O) groups excluding carboxylic acids is 1. The second-order valence-electron chi connectivity index (χ2n) is 4.15. The molecule has 0 spiro atoms. The summed E-state index contributed by atoms with van der Waals surface area (Å²) in [7, 11) is 3.63. The van der Waals surface area contributed by atoms with Gasteiger partial charge in [-0.3, -0.25) is 4.79 Å².